The number of nitriles is 1. The lowest BCUT2D eigenvalue weighted by Crippen LogP contribution is -2.37. The Morgan fingerprint density at radius 3 is 2.43 bits per heavy atom. The Bertz CT molecular complexity index is 857. The minimum absolute atomic E-state index is 0.239. The van der Waals surface area contributed by atoms with Gasteiger partial charge in [-0.2, -0.15) is 5.26 Å². The van der Waals surface area contributed by atoms with Gasteiger partial charge in [0.25, 0.3) is 0 Å². The fourth-order valence-electron chi connectivity index (χ4n) is 4.52. The van der Waals surface area contributed by atoms with Crippen molar-refractivity contribution in [2.24, 2.45) is 5.92 Å². The van der Waals surface area contributed by atoms with Gasteiger partial charge in [0.1, 0.15) is 0 Å². The maximum atomic E-state index is 13.9. The highest BCUT2D eigenvalue weighted by molar-refractivity contribution is 5.36. The Kier molecular flexibility index (Phi) is 7.61. The number of rotatable bonds is 11. The molecule has 1 saturated carbocycles. The molecule has 2 aromatic rings. The Morgan fingerprint density at radius 1 is 1.10 bits per heavy atom. The summed E-state index contributed by atoms with van der Waals surface area (Å²) in [5.74, 6) is -1.48. The zero-order valence-electron chi connectivity index (χ0n) is 18.1. The van der Waals surface area contributed by atoms with Crippen molar-refractivity contribution in [3.05, 3.63) is 71.3 Å². The molecule has 0 bridgehead atoms. The van der Waals surface area contributed by atoms with Crippen LogP contribution in [0.15, 0.2) is 48.5 Å². The van der Waals surface area contributed by atoms with Gasteiger partial charge in [0, 0.05) is 12.6 Å². The van der Waals surface area contributed by atoms with Gasteiger partial charge in [-0.25, -0.2) is 8.78 Å². The van der Waals surface area contributed by atoms with Gasteiger partial charge >= 0.3 is 0 Å². The molecule has 0 aliphatic heterocycles. The summed E-state index contributed by atoms with van der Waals surface area (Å²) in [5.41, 5.74) is 1.24. The lowest BCUT2D eigenvalue weighted by atomic mass is 9.73. The van der Waals surface area contributed by atoms with Gasteiger partial charge in [0.2, 0.25) is 0 Å². The standard InChI is InChI=1S/C26H32F2N2/c1-3-16-30(17-14-21-7-5-4-6-8-21)20(2)13-15-26(19-29,22-9-10-22)23-11-12-24(27)25(28)18-23/h4-8,11-12,18,20,22H,3,9-10,13-17H2,1-2H3. The zero-order valence-corrected chi connectivity index (χ0v) is 18.1. The topological polar surface area (TPSA) is 27.0 Å². The molecule has 2 unspecified atom stereocenters. The van der Waals surface area contributed by atoms with Crippen molar-refractivity contribution >= 4 is 0 Å². The molecule has 0 N–H and O–H groups in total. The average Bonchev–Trinajstić information content (AvgIpc) is 3.60. The molecule has 0 radical (unpaired) electrons. The molecule has 1 aliphatic rings. The monoisotopic (exact) mass is 410 g/mol. The Morgan fingerprint density at radius 2 is 1.83 bits per heavy atom. The van der Waals surface area contributed by atoms with Gasteiger partial charge in [0.15, 0.2) is 11.6 Å². The molecular weight excluding hydrogens is 378 g/mol. The van der Waals surface area contributed by atoms with Crippen LogP contribution in [-0.2, 0) is 11.8 Å². The highest BCUT2D eigenvalue weighted by Gasteiger charge is 2.47. The molecule has 2 aromatic carbocycles. The van der Waals surface area contributed by atoms with Crippen LogP contribution in [-0.4, -0.2) is 24.0 Å². The van der Waals surface area contributed by atoms with Crippen LogP contribution in [0.25, 0.3) is 0 Å². The van der Waals surface area contributed by atoms with Gasteiger partial charge in [-0.05, 0) is 81.2 Å². The van der Waals surface area contributed by atoms with Crippen molar-refractivity contribution in [3.8, 4) is 6.07 Å². The first-order valence-electron chi connectivity index (χ1n) is 11.1. The molecule has 2 atom stereocenters. The highest BCUT2D eigenvalue weighted by Crippen LogP contribution is 2.50. The van der Waals surface area contributed by atoms with Crippen LogP contribution in [0.4, 0.5) is 8.78 Å². The highest BCUT2D eigenvalue weighted by atomic mass is 19.2. The molecule has 160 valence electrons. The fourth-order valence-corrected chi connectivity index (χ4v) is 4.52. The average molecular weight is 411 g/mol. The van der Waals surface area contributed by atoms with Gasteiger partial charge < -0.3 is 4.90 Å². The molecular formula is C26H32F2N2. The minimum atomic E-state index is -0.865. The lowest BCUT2D eigenvalue weighted by molar-refractivity contribution is 0.190. The smallest absolute Gasteiger partial charge is 0.159 e. The second-order valence-electron chi connectivity index (χ2n) is 8.65. The Labute approximate surface area is 179 Å². The van der Waals surface area contributed by atoms with Gasteiger partial charge in [-0.1, -0.05) is 43.3 Å². The Hall–Kier alpha value is -2.25. The molecule has 0 aromatic heterocycles. The molecule has 30 heavy (non-hydrogen) atoms. The number of hydrogen-bond acceptors (Lipinski definition) is 2. The van der Waals surface area contributed by atoms with Crippen LogP contribution in [0.2, 0.25) is 0 Å². The van der Waals surface area contributed by atoms with E-state index in [-0.39, 0.29) is 5.92 Å². The van der Waals surface area contributed by atoms with E-state index in [1.807, 2.05) is 6.07 Å². The van der Waals surface area contributed by atoms with Crippen molar-refractivity contribution in [1.29, 1.82) is 5.26 Å². The third-order valence-electron chi connectivity index (χ3n) is 6.53. The maximum Gasteiger partial charge on any atom is 0.159 e. The second kappa shape index (κ2) is 10.2. The van der Waals surface area contributed by atoms with Crippen LogP contribution in [0, 0.1) is 28.9 Å². The summed E-state index contributed by atoms with van der Waals surface area (Å²) in [6, 6.07) is 17.3. The second-order valence-corrected chi connectivity index (χ2v) is 8.65. The van der Waals surface area contributed by atoms with Crippen LogP contribution in [0.1, 0.15) is 57.1 Å². The SMILES string of the molecule is CCCN(CCc1ccccc1)C(C)CCC(C#N)(c1ccc(F)c(F)c1)C1CC1. The summed E-state index contributed by atoms with van der Waals surface area (Å²) in [7, 11) is 0. The van der Waals surface area contributed by atoms with E-state index in [0.717, 1.165) is 51.3 Å². The first kappa shape index (κ1) is 22.4. The number of halogens is 2. The predicted octanol–water partition coefficient (Wildman–Crippen LogP) is 6.26. The summed E-state index contributed by atoms with van der Waals surface area (Å²) >= 11 is 0. The van der Waals surface area contributed by atoms with E-state index in [1.54, 1.807) is 6.07 Å². The molecule has 3 rings (SSSR count). The van der Waals surface area contributed by atoms with Crippen LogP contribution >= 0.6 is 0 Å². The van der Waals surface area contributed by atoms with Crippen molar-refractivity contribution in [2.45, 2.75) is 63.8 Å². The van der Waals surface area contributed by atoms with Crippen molar-refractivity contribution in [1.82, 2.24) is 4.90 Å². The summed E-state index contributed by atoms with van der Waals surface area (Å²) in [5, 5.41) is 10.1. The molecule has 4 heteroatoms. The predicted molar refractivity (Wildman–Crippen MR) is 117 cm³/mol. The summed E-state index contributed by atoms with van der Waals surface area (Å²) in [4.78, 5) is 2.49. The van der Waals surface area contributed by atoms with Gasteiger partial charge in [0.05, 0.1) is 11.5 Å². The van der Waals surface area contributed by atoms with E-state index < -0.39 is 17.0 Å². The van der Waals surface area contributed by atoms with E-state index in [2.05, 4.69) is 49.1 Å². The zero-order chi connectivity index (χ0) is 21.6. The molecule has 0 saturated heterocycles. The van der Waals surface area contributed by atoms with E-state index in [0.29, 0.717) is 18.0 Å². The third kappa shape index (κ3) is 5.26. The first-order valence-corrected chi connectivity index (χ1v) is 11.1. The third-order valence-corrected chi connectivity index (χ3v) is 6.53. The van der Waals surface area contributed by atoms with E-state index >= 15 is 0 Å². The van der Waals surface area contributed by atoms with Crippen molar-refractivity contribution in [3.63, 3.8) is 0 Å². The fraction of sp³-hybridized carbons (Fsp3) is 0.500. The molecule has 1 aliphatic carbocycles. The molecule has 1 fully saturated rings. The molecule has 0 heterocycles. The van der Waals surface area contributed by atoms with E-state index in [1.165, 1.54) is 11.6 Å². The summed E-state index contributed by atoms with van der Waals surface area (Å²) in [6.07, 6.45) is 5.57. The summed E-state index contributed by atoms with van der Waals surface area (Å²) < 4.78 is 27.4. The lowest BCUT2D eigenvalue weighted by Gasteiger charge is -2.33. The minimum Gasteiger partial charge on any atom is -0.300 e. The Balaban J connectivity index is 1.70. The number of nitrogens with zero attached hydrogens (tertiary/aromatic N) is 2. The maximum absolute atomic E-state index is 13.9. The van der Waals surface area contributed by atoms with Gasteiger partial charge in [-0.15, -0.1) is 0 Å². The van der Waals surface area contributed by atoms with Crippen molar-refractivity contribution < 1.29 is 8.78 Å². The van der Waals surface area contributed by atoms with Gasteiger partial charge in [-0.3, -0.25) is 0 Å². The van der Waals surface area contributed by atoms with Crippen LogP contribution < -0.4 is 0 Å². The van der Waals surface area contributed by atoms with Crippen LogP contribution in [0.5, 0.6) is 0 Å². The normalized spacial score (nSPS) is 16.8. The molecule has 0 amide bonds. The molecule has 2 nitrogen and oxygen atoms in total. The first-order chi connectivity index (χ1) is 14.5. The summed E-state index contributed by atoms with van der Waals surface area (Å²) in [6.45, 7) is 6.41. The number of benzene rings is 2. The van der Waals surface area contributed by atoms with Crippen LogP contribution in [0.3, 0.4) is 0 Å². The van der Waals surface area contributed by atoms with E-state index in [9.17, 15) is 14.0 Å². The number of hydrogen-bond donors (Lipinski definition) is 0. The molecule has 0 spiro atoms. The quantitative estimate of drug-likeness (QED) is 0.437. The van der Waals surface area contributed by atoms with Crippen molar-refractivity contribution in [2.75, 3.05) is 13.1 Å². The largest absolute Gasteiger partial charge is 0.300 e. The van der Waals surface area contributed by atoms with E-state index in [4.69, 9.17) is 0 Å².